The van der Waals surface area contributed by atoms with Crippen molar-refractivity contribution in [3.63, 3.8) is 0 Å². The minimum Gasteiger partial charge on any atom is -0.656 e. The maximum atomic E-state index is 10.9. The number of aryl methyl sites for hydroxylation is 2. The zero-order chi connectivity index (χ0) is 13.8. The second-order valence-corrected chi connectivity index (χ2v) is 2.93. The number of carbonyl (C=O) groups excluding carboxylic acids is 1. The zero-order valence-electron chi connectivity index (χ0n) is 12.8. The van der Waals surface area contributed by atoms with Crippen molar-refractivity contribution >= 4 is 5.91 Å². The van der Waals surface area contributed by atoms with E-state index in [1.165, 1.54) is 7.05 Å². The zero-order valence-corrected chi connectivity index (χ0v) is 18.6. The Bertz CT molecular complexity index is 318. The first-order valence-electron chi connectivity index (χ1n) is 5.90. The minimum atomic E-state index is -0.0972. The monoisotopic (exact) mass is 513 g/mol. The summed E-state index contributed by atoms with van der Waals surface area (Å²) in [6.45, 7) is 12.8. The van der Waals surface area contributed by atoms with Gasteiger partial charge in [0.1, 0.15) is 5.76 Å². The van der Waals surface area contributed by atoms with Crippen molar-refractivity contribution in [1.82, 2.24) is 5.16 Å². The van der Waals surface area contributed by atoms with Crippen molar-refractivity contribution in [2.24, 2.45) is 0 Å². The quantitative estimate of drug-likeness (QED) is 0.581. The molecule has 1 amide bonds. The number of aromatic nitrogens is 1. The van der Waals surface area contributed by atoms with Crippen LogP contribution in [0.5, 0.6) is 0 Å². The van der Waals surface area contributed by atoms with Gasteiger partial charge in [0.15, 0.2) is 0 Å². The molecule has 0 saturated heterocycles. The Morgan fingerprint density at radius 1 is 1.32 bits per heavy atom. The van der Waals surface area contributed by atoms with Crippen LogP contribution in [0.15, 0.2) is 4.52 Å². The maximum Gasteiger partial charge on any atom is 0.136 e. The van der Waals surface area contributed by atoms with Gasteiger partial charge in [-0.05, 0) is 26.7 Å². The molecule has 1 heterocycles. The van der Waals surface area contributed by atoms with Crippen LogP contribution in [0.1, 0.15) is 44.2 Å². The summed E-state index contributed by atoms with van der Waals surface area (Å²) < 4.78 is 4.97. The van der Waals surface area contributed by atoms with Crippen LogP contribution < -0.4 is 0 Å². The SMILES string of the molecule is CC.C[N-]C(=O)CCc1noc(C)c1C.[CH2-]C.[W].[Y]. The van der Waals surface area contributed by atoms with Crippen molar-refractivity contribution in [2.45, 2.75) is 47.5 Å². The van der Waals surface area contributed by atoms with Gasteiger partial charge in [-0.1, -0.05) is 19.0 Å². The number of hydrogen-bond acceptors (Lipinski definition) is 3. The average molecular weight is 513 g/mol. The standard InChI is InChI=1S/C9H14N2O2.C2H6.C2H5.W.Y/c1-6-7(2)13-11-8(6)4-5-9(12)10-3;2*1-2;;/h4-5H2,1-3H3,(H,10,12);1-2H3;1H2,2H3;;/q;;-1;;/p-1. The summed E-state index contributed by atoms with van der Waals surface area (Å²) in [7, 11) is 1.50. The van der Waals surface area contributed by atoms with Gasteiger partial charge in [-0.25, -0.2) is 0 Å². The first kappa shape index (κ1) is 27.8. The molecule has 0 aliphatic carbocycles. The van der Waals surface area contributed by atoms with Crippen molar-refractivity contribution in [1.29, 1.82) is 0 Å². The third kappa shape index (κ3) is 12.0. The van der Waals surface area contributed by atoms with Gasteiger partial charge in [0.05, 0.1) is 11.6 Å². The van der Waals surface area contributed by atoms with E-state index in [0.717, 1.165) is 17.0 Å². The van der Waals surface area contributed by atoms with Gasteiger partial charge in [0.2, 0.25) is 0 Å². The molecule has 0 bridgehead atoms. The minimum absolute atomic E-state index is 0. The number of amides is 1. The molecular weight excluding hydrogens is 489 g/mol. The van der Waals surface area contributed by atoms with E-state index in [0.29, 0.717) is 12.8 Å². The van der Waals surface area contributed by atoms with E-state index >= 15 is 0 Å². The fraction of sp³-hybridized carbons (Fsp3) is 0.615. The molecule has 0 aliphatic heterocycles. The predicted molar refractivity (Wildman–Crippen MR) is 71.0 cm³/mol. The van der Waals surface area contributed by atoms with Crippen molar-refractivity contribution in [3.8, 4) is 0 Å². The summed E-state index contributed by atoms with van der Waals surface area (Å²) in [5.74, 6) is 0.718. The molecule has 4 nitrogen and oxygen atoms in total. The van der Waals surface area contributed by atoms with E-state index < -0.39 is 0 Å². The topological polar surface area (TPSA) is 57.2 Å². The smallest absolute Gasteiger partial charge is 0.136 e. The predicted octanol–water partition coefficient (Wildman–Crippen LogP) is 3.62. The molecule has 1 rings (SSSR count). The van der Waals surface area contributed by atoms with Gasteiger partial charge in [-0.15, -0.1) is 7.05 Å². The molecule has 0 spiro atoms. The summed E-state index contributed by atoms with van der Waals surface area (Å²) in [4.78, 5) is 10.9. The average Bonchev–Trinajstić information content (AvgIpc) is 2.72. The number of rotatable bonds is 3. The third-order valence-corrected chi connectivity index (χ3v) is 2.08. The van der Waals surface area contributed by atoms with Crippen LogP contribution in [-0.2, 0) is 65.0 Å². The van der Waals surface area contributed by atoms with Crippen molar-refractivity contribution < 1.29 is 63.1 Å². The van der Waals surface area contributed by atoms with Crippen LogP contribution >= 0.6 is 0 Å². The fourth-order valence-corrected chi connectivity index (χ4v) is 1.03. The van der Waals surface area contributed by atoms with E-state index in [2.05, 4.69) is 17.4 Å². The largest absolute Gasteiger partial charge is 0.656 e. The van der Waals surface area contributed by atoms with E-state index in [1.54, 1.807) is 6.92 Å². The van der Waals surface area contributed by atoms with Crippen LogP contribution in [0.3, 0.4) is 0 Å². The van der Waals surface area contributed by atoms with Crippen LogP contribution in [0.25, 0.3) is 5.32 Å². The number of nitrogens with zero attached hydrogens (tertiary/aromatic N) is 2. The molecule has 0 unspecified atom stereocenters. The Labute approximate surface area is 157 Å². The maximum absolute atomic E-state index is 10.9. The fourth-order valence-electron chi connectivity index (χ4n) is 1.03. The molecule has 1 aromatic rings. The van der Waals surface area contributed by atoms with E-state index in [1.807, 2.05) is 27.7 Å². The normalized spacial score (nSPS) is 7.53. The van der Waals surface area contributed by atoms with Crippen LogP contribution in [0, 0.1) is 20.8 Å². The van der Waals surface area contributed by atoms with E-state index in [-0.39, 0.29) is 59.7 Å². The molecule has 0 fully saturated rings. The Hall–Kier alpha value is 0.472. The van der Waals surface area contributed by atoms with Gasteiger partial charge < -0.3 is 21.6 Å². The Morgan fingerprint density at radius 2 is 1.79 bits per heavy atom. The van der Waals surface area contributed by atoms with E-state index in [9.17, 15) is 4.79 Å². The summed E-state index contributed by atoms with van der Waals surface area (Å²) >= 11 is 0. The molecule has 1 aromatic heterocycles. The first-order valence-corrected chi connectivity index (χ1v) is 5.90. The van der Waals surface area contributed by atoms with Gasteiger partial charge in [0, 0.05) is 59.3 Å². The van der Waals surface area contributed by atoms with Gasteiger partial charge >= 0.3 is 0 Å². The van der Waals surface area contributed by atoms with Gasteiger partial charge in [-0.2, -0.15) is 6.92 Å². The van der Waals surface area contributed by atoms with Crippen molar-refractivity contribution in [2.75, 3.05) is 7.05 Å². The first-order chi connectivity index (χ1) is 8.15. The summed E-state index contributed by atoms with van der Waals surface area (Å²) in [5, 5.41) is 7.40. The molecule has 6 heteroatoms. The molecule has 109 valence electrons. The number of carbonyl (C=O) groups is 1. The Balaban J connectivity index is -0.000000171. The summed E-state index contributed by atoms with van der Waals surface area (Å²) in [6.07, 6.45) is 1.02. The van der Waals surface area contributed by atoms with Crippen LogP contribution in [0.4, 0.5) is 0 Å². The van der Waals surface area contributed by atoms with E-state index in [4.69, 9.17) is 4.52 Å². The van der Waals surface area contributed by atoms with Crippen LogP contribution in [-0.4, -0.2) is 18.1 Å². The second-order valence-electron chi connectivity index (χ2n) is 2.93. The molecular formula is C13H24N2O2WY-2. The van der Waals surface area contributed by atoms with Crippen molar-refractivity contribution in [3.05, 3.63) is 29.3 Å². The molecule has 0 saturated carbocycles. The molecule has 0 aliphatic rings. The molecule has 0 N–H and O–H groups in total. The molecule has 0 aromatic carbocycles. The summed E-state index contributed by atoms with van der Waals surface area (Å²) in [6, 6.07) is 0. The van der Waals surface area contributed by atoms with Crippen LogP contribution in [0.2, 0.25) is 0 Å². The summed E-state index contributed by atoms with van der Waals surface area (Å²) in [5.41, 5.74) is 1.89. The molecule has 0 atom stereocenters. The third-order valence-electron chi connectivity index (χ3n) is 2.08. The molecule has 1 radical (unpaired) electrons. The number of hydrogen-bond donors (Lipinski definition) is 0. The Kier molecular flexibility index (Phi) is 27.0. The molecule has 19 heavy (non-hydrogen) atoms. The van der Waals surface area contributed by atoms with Gasteiger partial charge in [-0.3, -0.25) is 0 Å². The Morgan fingerprint density at radius 3 is 2.11 bits per heavy atom. The second kappa shape index (κ2) is 18.5. The van der Waals surface area contributed by atoms with Gasteiger partial charge in [0.25, 0.3) is 0 Å².